The number of fused-ring (bicyclic) bond motifs is 2. The summed E-state index contributed by atoms with van der Waals surface area (Å²) in [6.07, 6.45) is 0.413. The first-order chi connectivity index (χ1) is 9.82. The number of β-amino-alcohol motifs (C(OH)–C–C–N with tert-alkyl or cyclic N) is 1. The fraction of sp³-hybridized carbons (Fsp3) is 0.867. The maximum absolute atomic E-state index is 12.4. The molecule has 2 amide bonds. The van der Waals surface area contributed by atoms with Crippen molar-refractivity contribution in [3.05, 3.63) is 0 Å². The summed E-state index contributed by atoms with van der Waals surface area (Å²) in [4.78, 5) is 30.0. The SMILES string of the molecule is CC(=O)N1CC2(C1)CN(C(=O)C(C)C)C[C@@H]1C[C@@H](O)CN12. The molecule has 3 aliphatic rings. The van der Waals surface area contributed by atoms with Gasteiger partial charge in [0.15, 0.2) is 0 Å². The Kier molecular flexibility index (Phi) is 3.48. The van der Waals surface area contributed by atoms with E-state index in [0.717, 1.165) is 6.42 Å². The van der Waals surface area contributed by atoms with Gasteiger partial charge in [-0.2, -0.15) is 0 Å². The highest BCUT2D eigenvalue weighted by atomic mass is 16.3. The molecule has 3 heterocycles. The van der Waals surface area contributed by atoms with Crippen molar-refractivity contribution in [3.63, 3.8) is 0 Å². The molecule has 1 N–H and O–H groups in total. The Labute approximate surface area is 125 Å². The highest BCUT2D eigenvalue weighted by Crippen LogP contribution is 2.39. The van der Waals surface area contributed by atoms with Crippen LogP contribution in [0.5, 0.6) is 0 Å². The molecule has 3 saturated heterocycles. The zero-order valence-electron chi connectivity index (χ0n) is 13.1. The smallest absolute Gasteiger partial charge is 0.225 e. The van der Waals surface area contributed by atoms with Gasteiger partial charge in [0.25, 0.3) is 0 Å². The van der Waals surface area contributed by atoms with Gasteiger partial charge in [-0.05, 0) is 6.42 Å². The second kappa shape index (κ2) is 4.95. The van der Waals surface area contributed by atoms with Crippen molar-refractivity contribution in [1.82, 2.24) is 14.7 Å². The first kappa shape index (κ1) is 14.8. The van der Waals surface area contributed by atoms with Crippen molar-refractivity contribution in [3.8, 4) is 0 Å². The zero-order valence-corrected chi connectivity index (χ0v) is 13.1. The fourth-order valence-electron chi connectivity index (χ4n) is 4.11. The molecule has 0 aromatic carbocycles. The molecule has 0 aliphatic carbocycles. The predicted octanol–water partition coefficient (Wildman–Crippen LogP) is -0.479. The summed E-state index contributed by atoms with van der Waals surface area (Å²) in [5.74, 6) is 0.254. The predicted molar refractivity (Wildman–Crippen MR) is 77.5 cm³/mol. The minimum absolute atomic E-state index is 0.0103. The maximum atomic E-state index is 12.4. The van der Waals surface area contributed by atoms with Gasteiger partial charge in [-0.3, -0.25) is 14.5 Å². The number of carbonyl (C=O) groups is 2. The van der Waals surface area contributed by atoms with Crippen LogP contribution in [0.25, 0.3) is 0 Å². The molecule has 3 fully saturated rings. The van der Waals surface area contributed by atoms with E-state index in [2.05, 4.69) is 4.90 Å². The molecule has 0 unspecified atom stereocenters. The molecule has 118 valence electrons. The van der Waals surface area contributed by atoms with E-state index in [1.165, 1.54) is 0 Å². The number of aliphatic hydroxyl groups is 1. The van der Waals surface area contributed by atoms with Crippen molar-refractivity contribution >= 4 is 11.8 Å². The van der Waals surface area contributed by atoms with E-state index in [0.29, 0.717) is 32.7 Å². The van der Waals surface area contributed by atoms with Gasteiger partial charge in [-0.15, -0.1) is 0 Å². The number of nitrogens with zero attached hydrogens (tertiary/aromatic N) is 3. The number of amides is 2. The van der Waals surface area contributed by atoms with Crippen LogP contribution in [0.3, 0.4) is 0 Å². The number of rotatable bonds is 1. The van der Waals surface area contributed by atoms with Crippen molar-refractivity contribution in [2.45, 2.75) is 44.9 Å². The molecule has 21 heavy (non-hydrogen) atoms. The molecule has 6 heteroatoms. The van der Waals surface area contributed by atoms with Crippen molar-refractivity contribution in [2.75, 3.05) is 32.7 Å². The molecule has 0 aromatic heterocycles. The zero-order chi connectivity index (χ0) is 15.4. The molecule has 0 aromatic rings. The third-order valence-corrected chi connectivity index (χ3v) is 5.14. The van der Waals surface area contributed by atoms with Gasteiger partial charge in [0.05, 0.1) is 11.6 Å². The van der Waals surface area contributed by atoms with Crippen LogP contribution in [0.15, 0.2) is 0 Å². The standard InChI is InChI=1S/C15H25N3O3/c1-10(2)14(21)16-5-12-4-13(20)6-18(12)15(7-16)8-17(9-15)11(3)19/h10,12-13,20H,4-9H2,1-3H3/t12-,13+/m0/s1. The molecule has 3 aliphatic heterocycles. The molecule has 0 bridgehead atoms. The van der Waals surface area contributed by atoms with E-state index in [9.17, 15) is 14.7 Å². The van der Waals surface area contributed by atoms with Crippen LogP contribution < -0.4 is 0 Å². The summed E-state index contributed by atoms with van der Waals surface area (Å²) in [6, 6.07) is 0.227. The van der Waals surface area contributed by atoms with Crippen LogP contribution in [0.4, 0.5) is 0 Å². The third-order valence-electron chi connectivity index (χ3n) is 5.14. The largest absolute Gasteiger partial charge is 0.392 e. The number of piperazine rings is 1. The second-order valence-electron chi connectivity index (χ2n) is 7.17. The Balaban J connectivity index is 1.80. The van der Waals surface area contributed by atoms with Crippen LogP contribution in [-0.2, 0) is 9.59 Å². The first-order valence-corrected chi connectivity index (χ1v) is 7.81. The maximum Gasteiger partial charge on any atom is 0.225 e. The summed E-state index contributed by atoms with van der Waals surface area (Å²) in [6.45, 7) is 8.83. The van der Waals surface area contributed by atoms with E-state index in [-0.39, 0.29) is 35.4 Å². The summed E-state index contributed by atoms with van der Waals surface area (Å²) < 4.78 is 0. The van der Waals surface area contributed by atoms with Gasteiger partial charge < -0.3 is 14.9 Å². The molecule has 3 rings (SSSR count). The van der Waals surface area contributed by atoms with E-state index in [1.807, 2.05) is 23.6 Å². The number of aliphatic hydroxyl groups excluding tert-OH is 1. The van der Waals surface area contributed by atoms with Gasteiger partial charge in [0, 0.05) is 51.6 Å². The average Bonchev–Trinajstić information content (AvgIpc) is 2.73. The Hall–Kier alpha value is -1.14. The first-order valence-electron chi connectivity index (χ1n) is 7.81. The lowest BCUT2D eigenvalue weighted by molar-refractivity contribution is -0.161. The fourth-order valence-corrected chi connectivity index (χ4v) is 4.11. The Morgan fingerprint density at radius 2 is 1.76 bits per heavy atom. The van der Waals surface area contributed by atoms with E-state index < -0.39 is 0 Å². The second-order valence-corrected chi connectivity index (χ2v) is 7.17. The van der Waals surface area contributed by atoms with Crippen LogP contribution >= 0.6 is 0 Å². The van der Waals surface area contributed by atoms with Crippen LogP contribution in [0.2, 0.25) is 0 Å². The molecule has 0 saturated carbocycles. The quantitative estimate of drug-likeness (QED) is 0.710. The lowest BCUT2D eigenvalue weighted by Gasteiger charge is -2.60. The van der Waals surface area contributed by atoms with Crippen molar-refractivity contribution in [2.24, 2.45) is 5.92 Å². The summed E-state index contributed by atoms with van der Waals surface area (Å²) in [5, 5.41) is 10.00. The topological polar surface area (TPSA) is 64.1 Å². The normalized spacial score (nSPS) is 31.5. The Bertz CT molecular complexity index is 459. The molecule has 2 atom stereocenters. The van der Waals surface area contributed by atoms with E-state index >= 15 is 0 Å². The van der Waals surface area contributed by atoms with Crippen LogP contribution in [0.1, 0.15) is 27.2 Å². The van der Waals surface area contributed by atoms with E-state index in [4.69, 9.17) is 0 Å². The van der Waals surface area contributed by atoms with Crippen molar-refractivity contribution < 1.29 is 14.7 Å². The minimum atomic E-state index is -0.313. The molecule has 0 radical (unpaired) electrons. The Morgan fingerprint density at radius 1 is 1.14 bits per heavy atom. The highest BCUT2D eigenvalue weighted by molar-refractivity contribution is 5.79. The van der Waals surface area contributed by atoms with E-state index in [1.54, 1.807) is 6.92 Å². The number of likely N-dealkylation sites (tertiary alicyclic amines) is 1. The lowest BCUT2D eigenvalue weighted by Crippen LogP contribution is -2.79. The van der Waals surface area contributed by atoms with Crippen LogP contribution in [0, 0.1) is 5.92 Å². The molecular weight excluding hydrogens is 270 g/mol. The summed E-state index contributed by atoms with van der Waals surface area (Å²) >= 11 is 0. The molecule has 1 spiro atoms. The van der Waals surface area contributed by atoms with Gasteiger partial charge in [0.2, 0.25) is 11.8 Å². The van der Waals surface area contributed by atoms with Gasteiger partial charge in [0.1, 0.15) is 0 Å². The molecular formula is C15H25N3O3. The third kappa shape index (κ3) is 2.34. The summed E-state index contributed by atoms with van der Waals surface area (Å²) in [7, 11) is 0. The van der Waals surface area contributed by atoms with Gasteiger partial charge >= 0.3 is 0 Å². The minimum Gasteiger partial charge on any atom is -0.392 e. The summed E-state index contributed by atoms with van der Waals surface area (Å²) in [5.41, 5.74) is -0.142. The van der Waals surface area contributed by atoms with Gasteiger partial charge in [-0.1, -0.05) is 13.8 Å². The number of hydrogen-bond donors (Lipinski definition) is 1. The molecule has 6 nitrogen and oxygen atoms in total. The van der Waals surface area contributed by atoms with Crippen LogP contribution in [-0.4, -0.2) is 82.0 Å². The highest BCUT2D eigenvalue weighted by Gasteiger charge is 2.57. The average molecular weight is 295 g/mol. The number of hydrogen-bond acceptors (Lipinski definition) is 4. The monoisotopic (exact) mass is 295 g/mol. The van der Waals surface area contributed by atoms with Gasteiger partial charge in [-0.25, -0.2) is 0 Å². The lowest BCUT2D eigenvalue weighted by atomic mass is 9.83. The van der Waals surface area contributed by atoms with Crippen molar-refractivity contribution in [1.29, 1.82) is 0 Å². The number of carbonyl (C=O) groups excluding carboxylic acids is 2. The Morgan fingerprint density at radius 3 is 2.33 bits per heavy atom.